The van der Waals surface area contributed by atoms with E-state index < -0.39 is 10.0 Å². The number of piperidine rings is 1. The van der Waals surface area contributed by atoms with Gasteiger partial charge in [-0.15, -0.1) is 0 Å². The molecule has 3 rings (SSSR count). The van der Waals surface area contributed by atoms with Crippen molar-refractivity contribution in [1.29, 1.82) is 0 Å². The third kappa shape index (κ3) is 4.32. The maximum absolute atomic E-state index is 12.8. The summed E-state index contributed by atoms with van der Waals surface area (Å²) in [6.07, 6.45) is 1.93. The highest BCUT2D eigenvalue weighted by Crippen LogP contribution is 2.24. The molecule has 1 atom stereocenters. The first kappa shape index (κ1) is 19.8. The van der Waals surface area contributed by atoms with E-state index in [4.69, 9.17) is 0 Å². The van der Waals surface area contributed by atoms with Crippen LogP contribution < -0.4 is 0 Å². The highest BCUT2D eigenvalue weighted by molar-refractivity contribution is 7.89. The molecule has 2 fully saturated rings. The molecule has 2 aliphatic rings. The van der Waals surface area contributed by atoms with Gasteiger partial charge in [-0.3, -0.25) is 9.59 Å². The number of hydrogen-bond donors (Lipinski definition) is 0. The molecule has 0 spiro atoms. The Balaban J connectivity index is 1.68. The lowest BCUT2D eigenvalue weighted by molar-refractivity contribution is -0.130. The Morgan fingerprint density at radius 3 is 2.11 bits per heavy atom. The summed E-state index contributed by atoms with van der Waals surface area (Å²) < 4.78 is 27.2. The maximum atomic E-state index is 12.8. The van der Waals surface area contributed by atoms with E-state index in [2.05, 4.69) is 6.92 Å². The zero-order valence-electron chi connectivity index (χ0n) is 15.9. The molecule has 27 heavy (non-hydrogen) atoms. The first-order valence-electron chi connectivity index (χ1n) is 9.44. The number of nitrogens with zero attached hydrogens (tertiary/aromatic N) is 3. The van der Waals surface area contributed by atoms with Crippen LogP contribution in [-0.4, -0.2) is 73.6 Å². The SMILES string of the molecule is CC(=O)N1CCN(C(=O)c2ccc(S(=O)(=O)N3CCCC(C)C3)cc2)CC1. The van der Waals surface area contributed by atoms with Crippen LogP contribution >= 0.6 is 0 Å². The minimum atomic E-state index is -3.51. The van der Waals surface area contributed by atoms with Crippen LogP contribution in [0.25, 0.3) is 0 Å². The van der Waals surface area contributed by atoms with Crippen molar-refractivity contribution in [2.45, 2.75) is 31.6 Å². The van der Waals surface area contributed by atoms with Gasteiger partial charge in [0.15, 0.2) is 0 Å². The minimum Gasteiger partial charge on any atom is -0.339 e. The second kappa shape index (κ2) is 7.98. The van der Waals surface area contributed by atoms with Crippen molar-refractivity contribution >= 4 is 21.8 Å². The normalized spacial score (nSPS) is 21.9. The van der Waals surface area contributed by atoms with Gasteiger partial charge in [0.25, 0.3) is 5.91 Å². The van der Waals surface area contributed by atoms with Crippen LogP contribution in [0.2, 0.25) is 0 Å². The standard InChI is InChI=1S/C19H27N3O4S/c1-15-4-3-9-22(14-15)27(25,26)18-7-5-17(6-8-18)19(24)21-12-10-20(11-13-21)16(2)23/h5-8,15H,3-4,9-14H2,1-2H3. The molecule has 2 heterocycles. The Kier molecular flexibility index (Phi) is 5.86. The fourth-order valence-electron chi connectivity index (χ4n) is 3.69. The average molecular weight is 394 g/mol. The van der Waals surface area contributed by atoms with E-state index in [0.717, 1.165) is 12.8 Å². The van der Waals surface area contributed by atoms with Crippen molar-refractivity contribution in [3.05, 3.63) is 29.8 Å². The van der Waals surface area contributed by atoms with Crippen molar-refractivity contribution in [3.63, 3.8) is 0 Å². The predicted octanol–water partition coefficient (Wildman–Crippen LogP) is 1.41. The number of carbonyl (C=O) groups is 2. The Morgan fingerprint density at radius 2 is 1.56 bits per heavy atom. The van der Waals surface area contributed by atoms with Crippen LogP contribution in [0.3, 0.4) is 0 Å². The second-order valence-corrected chi connectivity index (χ2v) is 9.37. The second-order valence-electron chi connectivity index (χ2n) is 7.43. The van der Waals surface area contributed by atoms with E-state index >= 15 is 0 Å². The van der Waals surface area contributed by atoms with Gasteiger partial charge in [0, 0.05) is 51.8 Å². The Bertz CT molecular complexity index is 799. The molecule has 2 amide bonds. The topological polar surface area (TPSA) is 78.0 Å². The lowest BCUT2D eigenvalue weighted by Crippen LogP contribution is -2.50. The number of benzene rings is 1. The first-order chi connectivity index (χ1) is 12.8. The van der Waals surface area contributed by atoms with Gasteiger partial charge in [-0.2, -0.15) is 4.31 Å². The first-order valence-corrected chi connectivity index (χ1v) is 10.9. The molecule has 1 unspecified atom stereocenters. The molecule has 0 N–H and O–H groups in total. The van der Waals surface area contributed by atoms with Gasteiger partial charge in [-0.25, -0.2) is 8.42 Å². The summed E-state index contributed by atoms with van der Waals surface area (Å²) in [7, 11) is -3.51. The van der Waals surface area contributed by atoms with Gasteiger partial charge in [-0.05, 0) is 43.0 Å². The van der Waals surface area contributed by atoms with E-state index in [1.165, 1.54) is 19.1 Å². The summed E-state index contributed by atoms with van der Waals surface area (Å²) in [5, 5.41) is 0. The zero-order valence-corrected chi connectivity index (χ0v) is 16.7. The van der Waals surface area contributed by atoms with Crippen molar-refractivity contribution in [3.8, 4) is 0 Å². The summed E-state index contributed by atoms with van der Waals surface area (Å²) >= 11 is 0. The lowest BCUT2D eigenvalue weighted by atomic mass is 10.0. The summed E-state index contributed by atoms with van der Waals surface area (Å²) in [6.45, 7) is 6.72. The van der Waals surface area contributed by atoms with E-state index in [9.17, 15) is 18.0 Å². The van der Waals surface area contributed by atoms with Crippen LogP contribution in [0.4, 0.5) is 0 Å². The number of sulfonamides is 1. The van der Waals surface area contributed by atoms with Gasteiger partial charge in [0.05, 0.1) is 4.90 Å². The number of amides is 2. The van der Waals surface area contributed by atoms with Gasteiger partial charge in [0.2, 0.25) is 15.9 Å². The van der Waals surface area contributed by atoms with E-state index in [1.807, 2.05) is 0 Å². The average Bonchev–Trinajstić information content (AvgIpc) is 2.67. The van der Waals surface area contributed by atoms with Crippen LogP contribution in [0, 0.1) is 5.92 Å². The lowest BCUT2D eigenvalue weighted by Gasteiger charge is -2.34. The van der Waals surface area contributed by atoms with E-state index in [1.54, 1.807) is 26.2 Å². The van der Waals surface area contributed by atoms with Gasteiger partial charge in [0.1, 0.15) is 0 Å². The molecule has 8 heteroatoms. The van der Waals surface area contributed by atoms with Crippen molar-refractivity contribution in [1.82, 2.24) is 14.1 Å². The molecule has 2 aliphatic heterocycles. The number of hydrogen-bond acceptors (Lipinski definition) is 4. The highest BCUT2D eigenvalue weighted by Gasteiger charge is 2.29. The van der Waals surface area contributed by atoms with Crippen molar-refractivity contribution in [2.24, 2.45) is 5.92 Å². The Morgan fingerprint density at radius 1 is 0.963 bits per heavy atom. The van der Waals surface area contributed by atoms with E-state index in [0.29, 0.717) is 50.7 Å². The van der Waals surface area contributed by atoms with Crippen LogP contribution in [0.15, 0.2) is 29.2 Å². The molecule has 0 radical (unpaired) electrons. The molecular weight excluding hydrogens is 366 g/mol. The van der Waals surface area contributed by atoms with Gasteiger partial charge < -0.3 is 9.80 Å². The van der Waals surface area contributed by atoms with Crippen LogP contribution in [0.5, 0.6) is 0 Å². The minimum absolute atomic E-state index is 0.0173. The molecular formula is C19H27N3O4S. The largest absolute Gasteiger partial charge is 0.339 e. The van der Waals surface area contributed by atoms with Gasteiger partial charge >= 0.3 is 0 Å². The molecule has 148 valence electrons. The molecule has 0 aliphatic carbocycles. The Labute approximate surface area is 161 Å². The third-order valence-electron chi connectivity index (χ3n) is 5.37. The van der Waals surface area contributed by atoms with Crippen LogP contribution in [0.1, 0.15) is 37.0 Å². The summed E-state index contributed by atoms with van der Waals surface area (Å²) in [5.74, 6) is 0.250. The maximum Gasteiger partial charge on any atom is 0.253 e. The molecule has 0 saturated carbocycles. The highest BCUT2D eigenvalue weighted by atomic mass is 32.2. The number of rotatable bonds is 3. The summed E-state index contributed by atoms with van der Waals surface area (Å²) in [4.78, 5) is 27.7. The predicted molar refractivity (Wildman–Crippen MR) is 102 cm³/mol. The molecule has 1 aromatic carbocycles. The summed E-state index contributed by atoms with van der Waals surface area (Å²) in [6, 6.07) is 6.21. The van der Waals surface area contributed by atoms with Crippen molar-refractivity contribution < 1.29 is 18.0 Å². The molecule has 1 aromatic rings. The van der Waals surface area contributed by atoms with E-state index in [-0.39, 0.29) is 16.7 Å². The number of piperazine rings is 1. The molecule has 7 nitrogen and oxygen atoms in total. The smallest absolute Gasteiger partial charge is 0.253 e. The quantitative estimate of drug-likeness (QED) is 0.778. The molecule has 0 aromatic heterocycles. The van der Waals surface area contributed by atoms with Gasteiger partial charge in [-0.1, -0.05) is 6.92 Å². The Hall–Kier alpha value is -1.93. The molecule has 2 saturated heterocycles. The third-order valence-corrected chi connectivity index (χ3v) is 7.25. The fourth-order valence-corrected chi connectivity index (χ4v) is 5.29. The number of carbonyl (C=O) groups excluding carboxylic acids is 2. The van der Waals surface area contributed by atoms with Crippen LogP contribution in [-0.2, 0) is 14.8 Å². The van der Waals surface area contributed by atoms with Crippen molar-refractivity contribution in [2.75, 3.05) is 39.3 Å². The fraction of sp³-hybridized carbons (Fsp3) is 0.579. The summed E-state index contributed by atoms with van der Waals surface area (Å²) in [5.41, 5.74) is 0.470. The zero-order chi connectivity index (χ0) is 19.6. The monoisotopic (exact) mass is 393 g/mol. The molecule has 0 bridgehead atoms.